The standard InChI is InChI=1S/C25H32N4O2/c1-16-12-17(2)28(24(31)26-16)15-23(30)29-20-14-25(3)21(10-7-11-22(25)29)27-19(20)13-18-8-5-4-6-9-18/h4-6,8-9,12,19-22,27H,7,10-11,13-15H2,1-3H3/t19-,20+,21-,22+,25-/m1/s1. The van der Waals surface area contributed by atoms with E-state index < -0.39 is 0 Å². The predicted molar refractivity (Wildman–Crippen MR) is 120 cm³/mol. The van der Waals surface area contributed by atoms with E-state index >= 15 is 0 Å². The van der Waals surface area contributed by atoms with Crippen LogP contribution in [0.1, 0.15) is 49.6 Å². The van der Waals surface area contributed by atoms with Gasteiger partial charge < -0.3 is 10.2 Å². The number of nitrogens with one attached hydrogen (secondary N) is 1. The van der Waals surface area contributed by atoms with Gasteiger partial charge in [0, 0.05) is 41.0 Å². The number of carbonyl (C=O) groups is 1. The number of benzene rings is 1. The zero-order valence-corrected chi connectivity index (χ0v) is 18.7. The van der Waals surface area contributed by atoms with Gasteiger partial charge in [0.05, 0.1) is 0 Å². The van der Waals surface area contributed by atoms with Crippen LogP contribution in [0, 0.1) is 19.3 Å². The van der Waals surface area contributed by atoms with Crippen LogP contribution < -0.4 is 11.0 Å². The van der Waals surface area contributed by atoms with Gasteiger partial charge >= 0.3 is 5.69 Å². The topological polar surface area (TPSA) is 67.2 Å². The molecule has 3 heterocycles. The van der Waals surface area contributed by atoms with Gasteiger partial charge in [0.25, 0.3) is 0 Å². The van der Waals surface area contributed by atoms with E-state index in [-0.39, 0.29) is 41.7 Å². The van der Waals surface area contributed by atoms with Gasteiger partial charge in [-0.3, -0.25) is 9.36 Å². The van der Waals surface area contributed by atoms with Crippen molar-refractivity contribution in [2.75, 3.05) is 0 Å². The molecule has 1 aliphatic carbocycles. The molecule has 6 nitrogen and oxygen atoms in total. The van der Waals surface area contributed by atoms with Crippen molar-refractivity contribution in [3.8, 4) is 0 Å². The molecule has 1 aromatic heterocycles. The maximum absolute atomic E-state index is 13.7. The van der Waals surface area contributed by atoms with Crippen molar-refractivity contribution < 1.29 is 4.79 Å². The van der Waals surface area contributed by atoms with Gasteiger partial charge in [0.1, 0.15) is 6.54 Å². The van der Waals surface area contributed by atoms with E-state index in [1.54, 1.807) is 0 Å². The predicted octanol–water partition coefficient (Wildman–Crippen LogP) is 2.60. The first-order chi connectivity index (χ1) is 14.9. The number of piperidine rings is 1. The summed E-state index contributed by atoms with van der Waals surface area (Å²) in [6, 6.07) is 13.5. The SMILES string of the molecule is Cc1cc(C)n(CC(=O)N2[C@H]3CCC[C@H]4N[C@H](Cc5ccccc5)[C@@H]2C[C@@]34C)c(=O)n1. The Morgan fingerprint density at radius 3 is 2.74 bits per heavy atom. The Labute approximate surface area is 183 Å². The van der Waals surface area contributed by atoms with Gasteiger partial charge in [-0.1, -0.05) is 37.3 Å². The molecule has 1 aromatic carbocycles. The van der Waals surface area contributed by atoms with Crippen LogP contribution in [-0.2, 0) is 17.8 Å². The van der Waals surface area contributed by atoms with Crippen LogP contribution in [0.4, 0.5) is 0 Å². The zero-order valence-electron chi connectivity index (χ0n) is 18.7. The minimum Gasteiger partial charge on any atom is -0.333 e. The maximum atomic E-state index is 13.7. The lowest BCUT2D eigenvalue weighted by atomic mass is 9.65. The maximum Gasteiger partial charge on any atom is 0.348 e. The molecule has 3 fully saturated rings. The van der Waals surface area contributed by atoms with E-state index in [1.165, 1.54) is 16.6 Å². The molecule has 2 aromatic rings. The minimum absolute atomic E-state index is 0.0528. The van der Waals surface area contributed by atoms with Crippen molar-refractivity contribution in [2.24, 2.45) is 5.41 Å². The molecule has 0 spiro atoms. The van der Waals surface area contributed by atoms with Crippen LogP contribution in [0.3, 0.4) is 0 Å². The fraction of sp³-hybridized carbons (Fsp3) is 0.560. The normalized spacial score (nSPS) is 31.6. The third-order valence-corrected chi connectivity index (χ3v) is 7.98. The molecule has 1 saturated carbocycles. The van der Waals surface area contributed by atoms with Gasteiger partial charge in [-0.2, -0.15) is 4.98 Å². The lowest BCUT2D eigenvalue weighted by Crippen LogP contribution is -2.58. The molecule has 164 valence electrons. The van der Waals surface area contributed by atoms with Crippen LogP contribution in [-0.4, -0.2) is 44.5 Å². The number of fused-ring (bicyclic) bond motifs is 1. The first-order valence-electron chi connectivity index (χ1n) is 11.5. The zero-order chi connectivity index (χ0) is 21.8. The second-order valence-electron chi connectivity index (χ2n) is 9.95. The Hall–Kier alpha value is -2.47. The molecular weight excluding hydrogens is 388 g/mol. The highest BCUT2D eigenvalue weighted by Crippen LogP contribution is 2.53. The first-order valence-corrected chi connectivity index (χ1v) is 11.5. The molecule has 1 N–H and O–H groups in total. The molecule has 2 bridgehead atoms. The highest BCUT2D eigenvalue weighted by atomic mass is 16.2. The third kappa shape index (κ3) is 3.41. The van der Waals surface area contributed by atoms with Crippen molar-refractivity contribution in [3.63, 3.8) is 0 Å². The Bertz CT molecular complexity index is 1050. The third-order valence-electron chi connectivity index (χ3n) is 7.98. The summed E-state index contributed by atoms with van der Waals surface area (Å²) in [6.45, 7) is 6.12. The van der Waals surface area contributed by atoms with Crippen molar-refractivity contribution in [2.45, 2.75) is 83.6 Å². The van der Waals surface area contributed by atoms with E-state index in [4.69, 9.17) is 0 Å². The number of rotatable bonds is 4. The number of amides is 1. The Balaban J connectivity index is 1.47. The summed E-state index contributed by atoms with van der Waals surface area (Å²) in [5, 5.41) is 3.94. The Kier molecular flexibility index (Phi) is 5.00. The lowest BCUT2D eigenvalue weighted by Gasteiger charge is -2.46. The minimum atomic E-state index is -0.334. The number of likely N-dealkylation sites (tertiary alicyclic amines) is 1. The number of hydrogen-bond acceptors (Lipinski definition) is 4. The van der Waals surface area contributed by atoms with E-state index in [1.807, 2.05) is 26.0 Å². The summed E-state index contributed by atoms with van der Waals surface area (Å²) in [5.41, 5.74) is 2.56. The van der Waals surface area contributed by atoms with Crippen molar-refractivity contribution >= 4 is 5.91 Å². The number of carbonyl (C=O) groups excluding carboxylic acids is 1. The van der Waals surface area contributed by atoms with Crippen LogP contribution in [0.2, 0.25) is 0 Å². The Morgan fingerprint density at radius 2 is 2.00 bits per heavy atom. The summed E-state index contributed by atoms with van der Waals surface area (Å²) < 4.78 is 1.53. The van der Waals surface area contributed by atoms with Crippen molar-refractivity contribution in [1.82, 2.24) is 19.8 Å². The van der Waals surface area contributed by atoms with E-state index in [9.17, 15) is 9.59 Å². The molecule has 2 saturated heterocycles. The van der Waals surface area contributed by atoms with E-state index in [0.717, 1.165) is 31.4 Å². The fourth-order valence-electron chi connectivity index (χ4n) is 6.51. The molecule has 2 aliphatic heterocycles. The van der Waals surface area contributed by atoms with Crippen LogP contribution in [0.25, 0.3) is 0 Å². The van der Waals surface area contributed by atoms with E-state index in [0.29, 0.717) is 11.7 Å². The summed E-state index contributed by atoms with van der Waals surface area (Å²) >= 11 is 0. The summed E-state index contributed by atoms with van der Waals surface area (Å²) in [6.07, 6.45) is 5.32. The quantitative estimate of drug-likeness (QED) is 0.826. The van der Waals surface area contributed by atoms with Gasteiger partial charge in [0.15, 0.2) is 0 Å². The second-order valence-corrected chi connectivity index (χ2v) is 9.95. The molecule has 0 radical (unpaired) electrons. The molecule has 31 heavy (non-hydrogen) atoms. The highest BCUT2D eigenvalue weighted by Gasteiger charge is 2.60. The summed E-state index contributed by atoms with van der Waals surface area (Å²) in [5.74, 6) is 0.0528. The first kappa shape index (κ1) is 20.4. The monoisotopic (exact) mass is 420 g/mol. The van der Waals surface area contributed by atoms with Gasteiger partial charge in [-0.05, 0) is 57.6 Å². The summed E-state index contributed by atoms with van der Waals surface area (Å²) in [4.78, 5) is 32.4. The number of nitrogens with zero attached hydrogens (tertiary/aromatic N) is 3. The second kappa shape index (κ2) is 7.59. The van der Waals surface area contributed by atoms with Crippen LogP contribution >= 0.6 is 0 Å². The molecule has 5 rings (SSSR count). The number of aromatic nitrogens is 2. The van der Waals surface area contributed by atoms with Crippen LogP contribution in [0.15, 0.2) is 41.2 Å². The van der Waals surface area contributed by atoms with Crippen molar-refractivity contribution in [1.29, 1.82) is 0 Å². The van der Waals surface area contributed by atoms with E-state index in [2.05, 4.69) is 46.4 Å². The average molecular weight is 421 g/mol. The number of aryl methyl sites for hydroxylation is 2. The Morgan fingerprint density at radius 1 is 1.23 bits per heavy atom. The molecule has 0 unspecified atom stereocenters. The molecular formula is C25H32N4O2. The molecule has 3 aliphatic rings. The highest BCUT2D eigenvalue weighted by molar-refractivity contribution is 5.77. The summed E-state index contributed by atoms with van der Waals surface area (Å²) in [7, 11) is 0. The number of hydrogen-bond donors (Lipinski definition) is 1. The van der Waals surface area contributed by atoms with Crippen LogP contribution in [0.5, 0.6) is 0 Å². The van der Waals surface area contributed by atoms with Crippen molar-refractivity contribution in [3.05, 3.63) is 63.8 Å². The van der Waals surface area contributed by atoms with Gasteiger partial charge in [0.2, 0.25) is 5.91 Å². The van der Waals surface area contributed by atoms with Gasteiger partial charge in [-0.15, -0.1) is 0 Å². The molecule has 1 amide bonds. The lowest BCUT2D eigenvalue weighted by molar-refractivity contribution is -0.136. The molecule has 6 heteroatoms. The van der Waals surface area contributed by atoms with Gasteiger partial charge in [-0.25, -0.2) is 4.79 Å². The molecule has 5 atom stereocenters. The fourth-order valence-corrected chi connectivity index (χ4v) is 6.51. The largest absolute Gasteiger partial charge is 0.348 e. The smallest absolute Gasteiger partial charge is 0.333 e. The average Bonchev–Trinajstić information content (AvgIpc) is 3.04.